The highest BCUT2D eigenvalue weighted by Gasteiger charge is 2.27. The van der Waals surface area contributed by atoms with E-state index in [1.165, 1.54) is 0 Å². The first-order chi connectivity index (χ1) is 14.3. The van der Waals surface area contributed by atoms with E-state index in [1.807, 2.05) is 12.1 Å². The molecule has 30 heavy (non-hydrogen) atoms. The maximum absolute atomic E-state index is 12.8. The molecule has 0 aliphatic carbocycles. The molecule has 0 aromatic heterocycles. The number of aromatic hydroxyl groups is 1. The van der Waals surface area contributed by atoms with Crippen molar-refractivity contribution in [1.29, 1.82) is 0 Å². The van der Waals surface area contributed by atoms with Crippen molar-refractivity contribution in [2.75, 3.05) is 58.4 Å². The number of phenols is 1. The molecule has 0 unspecified atom stereocenters. The lowest BCUT2D eigenvalue weighted by atomic mass is 10.1. The standard InChI is InChI=1S/C20H37NO7P2/c1-5-25-29(23,26-6-2)17-15-21(14-13-19-9-11-20(22)12-10-19)16-18-30(24,27-7-3)28-8-4/h9-12,22H,5-8,13-18H2,1-4H3. The molecule has 10 heteroatoms. The van der Waals surface area contributed by atoms with Crippen molar-refractivity contribution in [1.82, 2.24) is 4.90 Å². The van der Waals surface area contributed by atoms with Gasteiger partial charge in [-0.05, 0) is 51.8 Å². The van der Waals surface area contributed by atoms with Gasteiger partial charge in [0, 0.05) is 19.6 Å². The minimum absolute atomic E-state index is 0.222. The molecule has 0 aliphatic rings. The van der Waals surface area contributed by atoms with Crippen LogP contribution in [-0.2, 0) is 33.6 Å². The van der Waals surface area contributed by atoms with Gasteiger partial charge in [0.05, 0.1) is 38.8 Å². The summed E-state index contributed by atoms with van der Waals surface area (Å²) in [5.41, 5.74) is 1.06. The molecular weight excluding hydrogens is 428 g/mol. The summed E-state index contributed by atoms with van der Waals surface area (Å²) in [5.74, 6) is 0.222. The highest BCUT2D eigenvalue weighted by atomic mass is 31.2. The van der Waals surface area contributed by atoms with Gasteiger partial charge in [-0.25, -0.2) is 0 Å². The van der Waals surface area contributed by atoms with Crippen molar-refractivity contribution in [3.05, 3.63) is 29.8 Å². The van der Waals surface area contributed by atoms with Crippen LogP contribution in [0.15, 0.2) is 24.3 Å². The topological polar surface area (TPSA) is 94.5 Å². The van der Waals surface area contributed by atoms with Crippen LogP contribution >= 0.6 is 15.2 Å². The number of phenolic OH excluding ortho intramolecular Hbond substituents is 1. The molecule has 0 aliphatic heterocycles. The Balaban J connectivity index is 2.81. The SMILES string of the molecule is CCOP(=O)(CCN(CCc1ccc(O)cc1)CCP(=O)(OCC)OCC)OCC. The second-order valence-electron chi connectivity index (χ2n) is 6.60. The van der Waals surface area contributed by atoms with E-state index in [0.717, 1.165) is 12.0 Å². The van der Waals surface area contributed by atoms with Crippen molar-refractivity contribution < 1.29 is 32.3 Å². The number of hydrogen-bond donors (Lipinski definition) is 1. The second-order valence-corrected chi connectivity index (χ2v) is 11.0. The maximum Gasteiger partial charge on any atom is 0.331 e. The zero-order valence-electron chi connectivity index (χ0n) is 18.6. The van der Waals surface area contributed by atoms with Crippen molar-refractivity contribution in [3.63, 3.8) is 0 Å². The molecule has 1 rings (SSSR count). The summed E-state index contributed by atoms with van der Waals surface area (Å²) >= 11 is 0. The predicted molar refractivity (Wildman–Crippen MR) is 120 cm³/mol. The molecule has 0 amide bonds. The van der Waals surface area contributed by atoms with Crippen LogP contribution in [0.25, 0.3) is 0 Å². The van der Waals surface area contributed by atoms with Gasteiger partial charge in [0.15, 0.2) is 0 Å². The Morgan fingerprint density at radius 2 is 1.13 bits per heavy atom. The third kappa shape index (κ3) is 10.5. The van der Waals surface area contributed by atoms with E-state index in [4.69, 9.17) is 18.1 Å². The van der Waals surface area contributed by atoms with Gasteiger partial charge in [-0.2, -0.15) is 0 Å². The van der Waals surface area contributed by atoms with Crippen molar-refractivity contribution in [2.45, 2.75) is 34.1 Å². The summed E-state index contributed by atoms with van der Waals surface area (Å²) in [6, 6.07) is 7.03. The largest absolute Gasteiger partial charge is 0.508 e. The molecule has 0 bridgehead atoms. The van der Waals surface area contributed by atoms with Crippen LogP contribution in [0.4, 0.5) is 0 Å². The molecule has 0 saturated heterocycles. The fourth-order valence-electron chi connectivity index (χ4n) is 2.93. The normalized spacial score (nSPS) is 12.6. The van der Waals surface area contributed by atoms with Gasteiger partial charge in [0.1, 0.15) is 5.75 Å². The summed E-state index contributed by atoms with van der Waals surface area (Å²) in [5, 5.41) is 9.46. The Hall–Kier alpha value is -0.720. The van der Waals surface area contributed by atoms with E-state index in [9.17, 15) is 14.2 Å². The molecule has 1 aromatic carbocycles. The van der Waals surface area contributed by atoms with E-state index in [2.05, 4.69) is 4.90 Å². The predicted octanol–water partition coefficient (Wildman–Crippen LogP) is 4.77. The number of hydrogen-bond acceptors (Lipinski definition) is 8. The zero-order valence-corrected chi connectivity index (χ0v) is 20.4. The third-order valence-electron chi connectivity index (χ3n) is 4.34. The number of rotatable bonds is 17. The minimum Gasteiger partial charge on any atom is -0.508 e. The van der Waals surface area contributed by atoms with E-state index in [-0.39, 0.29) is 18.1 Å². The van der Waals surface area contributed by atoms with Crippen molar-refractivity contribution >= 4 is 15.2 Å². The lowest BCUT2D eigenvalue weighted by Gasteiger charge is -2.26. The first kappa shape index (κ1) is 27.3. The summed E-state index contributed by atoms with van der Waals surface area (Å²) in [6.07, 6.45) is 1.22. The Morgan fingerprint density at radius 1 is 0.733 bits per heavy atom. The highest BCUT2D eigenvalue weighted by molar-refractivity contribution is 7.54. The molecule has 0 heterocycles. The fourth-order valence-corrected chi connectivity index (χ4v) is 6.23. The molecule has 1 N–H and O–H groups in total. The quantitative estimate of drug-likeness (QED) is 0.329. The number of nitrogens with zero attached hydrogens (tertiary/aromatic N) is 1. The zero-order chi connectivity index (χ0) is 22.5. The lowest BCUT2D eigenvalue weighted by molar-refractivity contribution is 0.207. The number of benzene rings is 1. The molecule has 0 radical (unpaired) electrons. The lowest BCUT2D eigenvalue weighted by Crippen LogP contribution is -2.32. The minimum atomic E-state index is -3.17. The van der Waals surface area contributed by atoms with Gasteiger partial charge in [0.25, 0.3) is 0 Å². The van der Waals surface area contributed by atoms with Gasteiger partial charge >= 0.3 is 15.2 Å². The molecule has 0 fully saturated rings. The summed E-state index contributed by atoms with van der Waals surface area (Å²) in [6.45, 7) is 9.99. The Labute approximate surface area is 180 Å². The summed E-state index contributed by atoms with van der Waals surface area (Å²) < 4.78 is 47.2. The summed E-state index contributed by atoms with van der Waals surface area (Å²) in [7, 11) is -6.34. The molecule has 0 saturated carbocycles. The van der Waals surface area contributed by atoms with Crippen molar-refractivity contribution in [2.24, 2.45) is 0 Å². The fraction of sp³-hybridized carbons (Fsp3) is 0.700. The monoisotopic (exact) mass is 465 g/mol. The first-order valence-electron chi connectivity index (χ1n) is 10.6. The molecule has 0 spiro atoms. The van der Waals surface area contributed by atoms with Crippen LogP contribution in [0, 0.1) is 0 Å². The molecular formula is C20H37NO7P2. The maximum atomic E-state index is 12.8. The molecule has 174 valence electrons. The molecule has 1 aromatic rings. The summed E-state index contributed by atoms with van der Waals surface area (Å²) in [4.78, 5) is 2.07. The van der Waals surface area contributed by atoms with Crippen LogP contribution in [0.5, 0.6) is 5.75 Å². The Bertz CT molecular complexity index is 630. The molecule has 0 atom stereocenters. The first-order valence-corrected chi connectivity index (χ1v) is 14.0. The van der Waals surface area contributed by atoms with E-state index >= 15 is 0 Å². The van der Waals surface area contributed by atoms with Gasteiger partial charge in [-0.3, -0.25) is 9.13 Å². The van der Waals surface area contributed by atoms with Gasteiger partial charge in [-0.1, -0.05) is 12.1 Å². The van der Waals surface area contributed by atoms with Gasteiger partial charge in [-0.15, -0.1) is 0 Å². The smallest absolute Gasteiger partial charge is 0.331 e. The average Bonchev–Trinajstić information content (AvgIpc) is 2.69. The van der Waals surface area contributed by atoms with E-state index in [1.54, 1.807) is 39.8 Å². The van der Waals surface area contributed by atoms with Crippen LogP contribution in [-0.4, -0.2) is 68.4 Å². The van der Waals surface area contributed by atoms with Crippen LogP contribution in [0.2, 0.25) is 0 Å². The highest BCUT2D eigenvalue weighted by Crippen LogP contribution is 2.49. The Morgan fingerprint density at radius 3 is 1.50 bits per heavy atom. The second kappa shape index (κ2) is 14.4. The third-order valence-corrected chi connectivity index (χ3v) is 8.44. The van der Waals surface area contributed by atoms with Crippen LogP contribution in [0.1, 0.15) is 33.3 Å². The van der Waals surface area contributed by atoms with Crippen LogP contribution < -0.4 is 0 Å². The molecule has 8 nitrogen and oxygen atoms in total. The Kier molecular flexibility index (Phi) is 13.1. The van der Waals surface area contributed by atoms with E-state index in [0.29, 0.717) is 46.1 Å². The van der Waals surface area contributed by atoms with Crippen LogP contribution in [0.3, 0.4) is 0 Å². The van der Waals surface area contributed by atoms with Gasteiger partial charge < -0.3 is 28.1 Å². The van der Waals surface area contributed by atoms with Crippen molar-refractivity contribution in [3.8, 4) is 5.75 Å². The van der Waals surface area contributed by atoms with E-state index < -0.39 is 15.2 Å². The van der Waals surface area contributed by atoms with Gasteiger partial charge in [0.2, 0.25) is 0 Å². The average molecular weight is 465 g/mol.